The van der Waals surface area contributed by atoms with Crippen LogP contribution in [0.1, 0.15) is 18.4 Å². The Labute approximate surface area is 125 Å². The average Bonchev–Trinajstić information content (AvgIpc) is 2.54. The van der Waals surface area contributed by atoms with Crippen molar-refractivity contribution in [2.45, 2.75) is 18.4 Å². The molecule has 21 heavy (non-hydrogen) atoms. The number of rotatable bonds is 2. The van der Waals surface area contributed by atoms with Gasteiger partial charge in [-0.3, -0.25) is 0 Å². The molecule has 3 aliphatic rings. The molecule has 2 bridgehead atoms. The molecule has 3 heterocycles. The Morgan fingerprint density at radius 1 is 1.10 bits per heavy atom. The van der Waals surface area contributed by atoms with Crippen LogP contribution in [0, 0.1) is 5.92 Å². The predicted molar refractivity (Wildman–Crippen MR) is 83.6 cm³/mol. The normalized spacial score (nSPS) is 31.5. The minimum absolute atomic E-state index is 0.401. The third-order valence-corrected chi connectivity index (χ3v) is 5.27. The molecule has 0 spiro atoms. The lowest BCUT2D eigenvalue weighted by Gasteiger charge is -2.50. The van der Waals surface area contributed by atoms with Crippen LogP contribution in [-0.4, -0.2) is 36.8 Å². The van der Waals surface area contributed by atoms with Gasteiger partial charge in [0.25, 0.3) is 0 Å². The Bertz CT molecular complexity index is 676. The zero-order valence-electron chi connectivity index (χ0n) is 12.4. The van der Waals surface area contributed by atoms with E-state index in [0.29, 0.717) is 5.92 Å². The van der Waals surface area contributed by atoms with Crippen molar-refractivity contribution >= 4 is 10.8 Å². The average molecular weight is 283 g/mol. The van der Waals surface area contributed by atoms with E-state index in [1.807, 2.05) is 12.1 Å². The van der Waals surface area contributed by atoms with Gasteiger partial charge < -0.3 is 14.7 Å². The second-order valence-corrected chi connectivity index (χ2v) is 6.40. The van der Waals surface area contributed by atoms with Gasteiger partial charge >= 0.3 is 0 Å². The summed E-state index contributed by atoms with van der Waals surface area (Å²) in [6, 6.07) is 12.4. The maximum absolute atomic E-state index is 11.2. The van der Waals surface area contributed by atoms with E-state index in [9.17, 15) is 5.11 Å². The topological polar surface area (TPSA) is 32.7 Å². The first kappa shape index (κ1) is 13.1. The number of aliphatic hydroxyl groups is 1. The highest BCUT2D eigenvalue weighted by Gasteiger charge is 2.46. The molecule has 0 saturated carbocycles. The van der Waals surface area contributed by atoms with Gasteiger partial charge in [0.15, 0.2) is 0 Å². The number of piperidine rings is 3. The first-order valence-electron chi connectivity index (χ1n) is 7.72. The SMILES string of the molecule is COc1ccc2cc(C3(O)CN4CCC3CC4)ccc2c1. The van der Waals surface area contributed by atoms with Crippen LogP contribution in [0.5, 0.6) is 5.75 Å². The van der Waals surface area contributed by atoms with Crippen LogP contribution < -0.4 is 4.74 Å². The van der Waals surface area contributed by atoms with Crippen molar-refractivity contribution in [2.24, 2.45) is 5.92 Å². The molecule has 3 nitrogen and oxygen atoms in total. The van der Waals surface area contributed by atoms with Crippen LogP contribution in [0.15, 0.2) is 36.4 Å². The van der Waals surface area contributed by atoms with Crippen LogP contribution in [0.2, 0.25) is 0 Å². The van der Waals surface area contributed by atoms with E-state index < -0.39 is 5.60 Å². The molecule has 2 aromatic rings. The fraction of sp³-hybridized carbons (Fsp3) is 0.444. The zero-order chi connectivity index (χ0) is 14.4. The molecule has 3 heteroatoms. The summed E-state index contributed by atoms with van der Waals surface area (Å²) in [4.78, 5) is 2.39. The van der Waals surface area contributed by atoms with Gasteiger partial charge in [-0.2, -0.15) is 0 Å². The van der Waals surface area contributed by atoms with E-state index in [0.717, 1.165) is 54.6 Å². The van der Waals surface area contributed by atoms with Crippen molar-refractivity contribution in [3.8, 4) is 5.75 Å². The molecule has 2 aromatic carbocycles. The minimum Gasteiger partial charge on any atom is -0.497 e. The molecule has 3 aliphatic heterocycles. The van der Waals surface area contributed by atoms with Crippen LogP contribution in [0.3, 0.4) is 0 Å². The molecule has 0 aromatic heterocycles. The third-order valence-electron chi connectivity index (χ3n) is 5.27. The molecule has 0 amide bonds. The number of fused-ring (bicyclic) bond motifs is 4. The summed E-state index contributed by atoms with van der Waals surface area (Å²) < 4.78 is 5.27. The summed E-state index contributed by atoms with van der Waals surface area (Å²) in [5.74, 6) is 1.27. The monoisotopic (exact) mass is 283 g/mol. The molecule has 1 unspecified atom stereocenters. The van der Waals surface area contributed by atoms with Crippen molar-refractivity contribution in [1.29, 1.82) is 0 Å². The summed E-state index contributed by atoms with van der Waals surface area (Å²) in [6.45, 7) is 3.05. The van der Waals surface area contributed by atoms with E-state index in [1.54, 1.807) is 7.11 Å². The van der Waals surface area contributed by atoms with Crippen LogP contribution in [0.4, 0.5) is 0 Å². The maximum atomic E-state index is 11.2. The molecule has 5 rings (SSSR count). The Hall–Kier alpha value is -1.58. The van der Waals surface area contributed by atoms with E-state index in [4.69, 9.17) is 4.74 Å². The van der Waals surface area contributed by atoms with Crippen molar-refractivity contribution in [3.05, 3.63) is 42.0 Å². The summed E-state index contributed by atoms with van der Waals surface area (Å²) in [6.07, 6.45) is 2.22. The van der Waals surface area contributed by atoms with Crippen molar-refractivity contribution in [1.82, 2.24) is 4.90 Å². The van der Waals surface area contributed by atoms with E-state index in [1.165, 1.54) is 0 Å². The van der Waals surface area contributed by atoms with E-state index >= 15 is 0 Å². The number of nitrogens with zero attached hydrogens (tertiary/aromatic N) is 1. The summed E-state index contributed by atoms with van der Waals surface area (Å²) >= 11 is 0. The molecule has 1 atom stereocenters. The maximum Gasteiger partial charge on any atom is 0.119 e. The number of methoxy groups -OCH3 is 1. The van der Waals surface area contributed by atoms with Crippen LogP contribution in [-0.2, 0) is 5.60 Å². The van der Waals surface area contributed by atoms with Crippen molar-refractivity contribution in [3.63, 3.8) is 0 Å². The van der Waals surface area contributed by atoms with Crippen LogP contribution in [0.25, 0.3) is 10.8 Å². The zero-order valence-corrected chi connectivity index (χ0v) is 12.4. The van der Waals surface area contributed by atoms with Crippen LogP contribution >= 0.6 is 0 Å². The highest BCUT2D eigenvalue weighted by Crippen LogP contribution is 2.43. The van der Waals surface area contributed by atoms with Crippen molar-refractivity contribution in [2.75, 3.05) is 26.7 Å². The first-order valence-corrected chi connectivity index (χ1v) is 7.72. The molecule has 1 N–H and O–H groups in total. The molecule has 3 saturated heterocycles. The quantitative estimate of drug-likeness (QED) is 0.920. The fourth-order valence-electron chi connectivity index (χ4n) is 3.99. The molecule has 110 valence electrons. The van der Waals surface area contributed by atoms with Gasteiger partial charge in [0.1, 0.15) is 11.4 Å². The number of benzene rings is 2. The molecule has 0 aliphatic carbocycles. The first-order chi connectivity index (χ1) is 10.2. The lowest BCUT2D eigenvalue weighted by atomic mass is 9.71. The predicted octanol–water partition coefficient (Wildman–Crippen LogP) is 2.76. The Morgan fingerprint density at radius 3 is 2.48 bits per heavy atom. The van der Waals surface area contributed by atoms with Gasteiger partial charge in [-0.05, 0) is 66.4 Å². The molecule has 3 fully saturated rings. The Balaban J connectivity index is 1.76. The molecular weight excluding hydrogens is 262 g/mol. The van der Waals surface area contributed by atoms with Gasteiger partial charge in [-0.15, -0.1) is 0 Å². The summed E-state index contributed by atoms with van der Waals surface area (Å²) in [5.41, 5.74) is 0.388. The van der Waals surface area contributed by atoms with Gasteiger partial charge in [0, 0.05) is 6.54 Å². The van der Waals surface area contributed by atoms with Gasteiger partial charge in [0.05, 0.1) is 7.11 Å². The second kappa shape index (κ2) is 4.72. The summed E-state index contributed by atoms with van der Waals surface area (Å²) in [7, 11) is 1.69. The molecule has 0 radical (unpaired) electrons. The number of hydrogen-bond acceptors (Lipinski definition) is 3. The number of hydrogen-bond donors (Lipinski definition) is 1. The van der Waals surface area contributed by atoms with Gasteiger partial charge in [-0.1, -0.05) is 18.2 Å². The lowest BCUT2D eigenvalue weighted by Crippen LogP contribution is -2.57. The largest absolute Gasteiger partial charge is 0.497 e. The fourth-order valence-corrected chi connectivity index (χ4v) is 3.99. The van der Waals surface area contributed by atoms with E-state index in [2.05, 4.69) is 29.2 Å². The highest BCUT2D eigenvalue weighted by atomic mass is 16.5. The smallest absolute Gasteiger partial charge is 0.119 e. The third kappa shape index (κ3) is 2.03. The Morgan fingerprint density at radius 2 is 1.81 bits per heavy atom. The number of ether oxygens (including phenoxy) is 1. The summed E-state index contributed by atoms with van der Waals surface area (Å²) in [5, 5.41) is 13.5. The van der Waals surface area contributed by atoms with Gasteiger partial charge in [0.2, 0.25) is 0 Å². The van der Waals surface area contributed by atoms with Crippen molar-refractivity contribution < 1.29 is 9.84 Å². The lowest BCUT2D eigenvalue weighted by molar-refractivity contribution is -0.117. The highest BCUT2D eigenvalue weighted by molar-refractivity contribution is 5.84. The van der Waals surface area contributed by atoms with Gasteiger partial charge in [-0.25, -0.2) is 0 Å². The minimum atomic E-state index is -0.676. The Kier molecular flexibility index (Phi) is 2.95. The van der Waals surface area contributed by atoms with E-state index in [-0.39, 0.29) is 0 Å². The standard InChI is InChI=1S/C18H21NO2/c1-21-17-5-3-13-10-16(4-2-14(13)11-17)18(20)12-19-8-6-15(18)7-9-19/h2-5,10-11,15,20H,6-9,12H2,1H3. The second-order valence-electron chi connectivity index (χ2n) is 6.40. The molecular formula is C18H21NO2.